The molecular weight excluding hydrogens is 259 g/mol. The van der Waals surface area contributed by atoms with Gasteiger partial charge in [-0.3, -0.25) is 0 Å². The van der Waals surface area contributed by atoms with Crippen molar-refractivity contribution in [3.8, 4) is 0 Å². The predicted molar refractivity (Wildman–Crippen MR) is 76.3 cm³/mol. The zero-order chi connectivity index (χ0) is 14.4. The van der Waals surface area contributed by atoms with Crippen molar-refractivity contribution >= 4 is 11.7 Å². The number of rotatable bonds is 5. The molecule has 20 heavy (non-hydrogen) atoms. The first-order valence-electron chi connectivity index (χ1n) is 7.04. The van der Waals surface area contributed by atoms with E-state index in [0.29, 0.717) is 23.7 Å². The molecule has 1 aliphatic heterocycles. The molecule has 1 aliphatic rings. The van der Waals surface area contributed by atoms with Crippen molar-refractivity contribution in [3.63, 3.8) is 0 Å². The minimum absolute atomic E-state index is 0.295. The molecule has 4 nitrogen and oxygen atoms in total. The van der Waals surface area contributed by atoms with Crippen molar-refractivity contribution in [2.75, 3.05) is 25.1 Å². The Hall–Kier alpha value is -1.62. The van der Waals surface area contributed by atoms with Gasteiger partial charge >= 0.3 is 6.03 Å². The minimum atomic E-state index is -0.316. The maximum atomic E-state index is 13.3. The van der Waals surface area contributed by atoms with E-state index in [1.807, 2.05) is 0 Å². The summed E-state index contributed by atoms with van der Waals surface area (Å²) in [5, 5.41) is 5.40. The molecule has 1 fully saturated rings. The monoisotopic (exact) mass is 280 g/mol. The molecule has 2 rings (SSSR count). The molecule has 110 valence electrons. The van der Waals surface area contributed by atoms with Gasteiger partial charge in [-0.15, -0.1) is 0 Å². The number of nitrogens with one attached hydrogen (secondary N) is 2. The molecule has 0 radical (unpaired) electrons. The molecule has 0 saturated carbocycles. The molecule has 1 atom stereocenters. The molecule has 1 aromatic carbocycles. The molecule has 1 aromatic rings. The van der Waals surface area contributed by atoms with Crippen molar-refractivity contribution in [2.45, 2.75) is 26.2 Å². The third-order valence-corrected chi connectivity index (χ3v) is 3.53. The third kappa shape index (κ3) is 4.49. The fourth-order valence-corrected chi connectivity index (χ4v) is 2.25. The topological polar surface area (TPSA) is 50.4 Å². The molecule has 5 heteroatoms. The number of carbonyl (C=O) groups is 1. The van der Waals surface area contributed by atoms with Crippen LogP contribution in [0.2, 0.25) is 0 Å². The van der Waals surface area contributed by atoms with Gasteiger partial charge in [-0.2, -0.15) is 0 Å². The summed E-state index contributed by atoms with van der Waals surface area (Å²) in [7, 11) is 0. The van der Waals surface area contributed by atoms with Crippen molar-refractivity contribution in [1.82, 2.24) is 5.32 Å². The van der Waals surface area contributed by atoms with Crippen LogP contribution in [0.1, 0.15) is 24.8 Å². The van der Waals surface area contributed by atoms with Crippen LogP contribution >= 0.6 is 0 Å². The van der Waals surface area contributed by atoms with Crippen molar-refractivity contribution in [1.29, 1.82) is 0 Å². The Morgan fingerprint density at radius 3 is 3.05 bits per heavy atom. The maximum Gasteiger partial charge on any atom is 0.319 e. The highest BCUT2D eigenvalue weighted by atomic mass is 19.1. The Morgan fingerprint density at radius 1 is 1.50 bits per heavy atom. The van der Waals surface area contributed by atoms with E-state index < -0.39 is 0 Å². The van der Waals surface area contributed by atoms with E-state index >= 15 is 0 Å². The second-order valence-corrected chi connectivity index (χ2v) is 5.22. The van der Waals surface area contributed by atoms with Gasteiger partial charge in [0.1, 0.15) is 5.82 Å². The van der Waals surface area contributed by atoms with E-state index in [9.17, 15) is 9.18 Å². The second kappa shape index (κ2) is 7.24. The van der Waals surface area contributed by atoms with Crippen LogP contribution in [0.15, 0.2) is 18.2 Å². The molecule has 0 aromatic heterocycles. The van der Waals surface area contributed by atoms with E-state index in [1.54, 1.807) is 19.1 Å². The van der Waals surface area contributed by atoms with Crippen LogP contribution in [0.5, 0.6) is 0 Å². The van der Waals surface area contributed by atoms with Gasteiger partial charge in [-0.25, -0.2) is 9.18 Å². The van der Waals surface area contributed by atoms with Gasteiger partial charge in [0.25, 0.3) is 0 Å². The quantitative estimate of drug-likeness (QED) is 0.814. The fraction of sp³-hybridized carbons (Fsp3) is 0.533. The minimum Gasteiger partial charge on any atom is -0.381 e. The van der Waals surface area contributed by atoms with Gasteiger partial charge in [0.15, 0.2) is 0 Å². The summed E-state index contributed by atoms with van der Waals surface area (Å²) < 4.78 is 18.6. The van der Waals surface area contributed by atoms with Crippen LogP contribution in [0.25, 0.3) is 0 Å². The molecular formula is C15H21FN2O2. The summed E-state index contributed by atoms with van der Waals surface area (Å²) in [6.07, 6.45) is 3.12. The summed E-state index contributed by atoms with van der Waals surface area (Å²) in [5.74, 6) is 0.315. The molecule has 2 amide bonds. The zero-order valence-electron chi connectivity index (χ0n) is 11.7. The van der Waals surface area contributed by atoms with Gasteiger partial charge in [-0.1, -0.05) is 6.07 Å². The van der Waals surface area contributed by atoms with Gasteiger partial charge in [0, 0.05) is 25.4 Å². The van der Waals surface area contributed by atoms with Crippen LogP contribution in [0.3, 0.4) is 0 Å². The summed E-state index contributed by atoms with van der Waals surface area (Å²) >= 11 is 0. The van der Waals surface area contributed by atoms with Gasteiger partial charge in [0.2, 0.25) is 0 Å². The van der Waals surface area contributed by atoms with Crippen LogP contribution in [-0.4, -0.2) is 25.8 Å². The standard InChI is InChI=1S/C15H21FN2O2/c1-11-4-5-13(9-14(11)16)18-15(19)17-7-2-3-12-6-8-20-10-12/h4-5,9,12H,2-3,6-8,10H2,1H3,(H2,17,18,19)/t12-/m1/s1. The number of hydrogen-bond acceptors (Lipinski definition) is 2. The number of aryl methyl sites for hydroxylation is 1. The molecule has 0 unspecified atom stereocenters. The van der Waals surface area contributed by atoms with Crippen molar-refractivity contribution < 1.29 is 13.9 Å². The Labute approximate surface area is 118 Å². The molecule has 0 aliphatic carbocycles. The van der Waals surface area contributed by atoms with Gasteiger partial charge in [-0.05, 0) is 49.8 Å². The largest absolute Gasteiger partial charge is 0.381 e. The average Bonchev–Trinajstić information content (AvgIpc) is 2.92. The first kappa shape index (κ1) is 14.8. The van der Waals surface area contributed by atoms with Crippen molar-refractivity contribution in [3.05, 3.63) is 29.6 Å². The number of carbonyl (C=O) groups excluding carboxylic acids is 1. The number of halogens is 1. The Bertz CT molecular complexity index is 459. The van der Waals surface area contributed by atoms with Gasteiger partial charge in [0.05, 0.1) is 0 Å². The number of anilines is 1. The van der Waals surface area contributed by atoms with E-state index in [1.165, 1.54) is 6.07 Å². The normalized spacial score (nSPS) is 18.0. The predicted octanol–water partition coefficient (Wildman–Crippen LogP) is 3.07. The molecule has 2 N–H and O–H groups in total. The van der Waals surface area contributed by atoms with E-state index in [0.717, 1.165) is 32.5 Å². The lowest BCUT2D eigenvalue weighted by Crippen LogP contribution is -2.29. The van der Waals surface area contributed by atoms with E-state index in [4.69, 9.17) is 4.74 Å². The highest BCUT2D eigenvalue weighted by molar-refractivity contribution is 5.89. The van der Waals surface area contributed by atoms with E-state index in [2.05, 4.69) is 10.6 Å². The molecule has 0 spiro atoms. The van der Waals surface area contributed by atoms with Crippen LogP contribution < -0.4 is 10.6 Å². The smallest absolute Gasteiger partial charge is 0.319 e. The highest BCUT2D eigenvalue weighted by Gasteiger charge is 2.14. The Morgan fingerprint density at radius 2 is 2.35 bits per heavy atom. The number of hydrogen-bond donors (Lipinski definition) is 2. The lowest BCUT2D eigenvalue weighted by Gasteiger charge is -2.10. The summed E-state index contributed by atoms with van der Waals surface area (Å²) in [5.41, 5.74) is 1.03. The first-order chi connectivity index (χ1) is 9.65. The Balaban J connectivity index is 1.65. The average molecular weight is 280 g/mol. The summed E-state index contributed by atoms with van der Waals surface area (Å²) in [6, 6.07) is 4.36. The summed E-state index contributed by atoms with van der Waals surface area (Å²) in [4.78, 5) is 11.6. The van der Waals surface area contributed by atoms with E-state index in [-0.39, 0.29) is 11.8 Å². The zero-order valence-corrected chi connectivity index (χ0v) is 11.7. The highest BCUT2D eigenvalue weighted by Crippen LogP contribution is 2.17. The number of ether oxygens (including phenoxy) is 1. The van der Waals surface area contributed by atoms with Crippen LogP contribution in [0.4, 0.5) is 14.9 Å². The molecule has 0 bridgehead atoms. The Kier molecular flexibility index (Phi) is 5.35. The lowest BCUT2D eigenvalue weighted by molar-refractivity contribution is 0.184. The fourth-order valence-electron chi connectivity index (χ4n) is 2.25. The van der Waals surface area contributed by atoms with Crippen LogP contribution in [-0.2, 0) is 4.74 Å². The number of benzene rings is 1. The molecule has 1 heterocycles. The third-order valence-electron chi connectivity index (χ3n) is 3.53. The number of urea groups is 1. The summed E-state index contributed by atoms with van der Waals surface area (Å²) in [6.45, 7) is 4.01. The number of amides is 2. The van der Waals surface area contributed by atoms with Crippen molar-refractivity contribution in [2.24, 2.45) is 5.92 Å². The second-order valence-electron chi connectivity index (χ2n) is 5.22. The molecule has 1 saturated heterocycles. The maximum absolute atomic E-state index is 13.3. The van der Waals surface area contributed by atoms with Crippen LogP contribution in [0, 0.1) is 18.7 Å². The SMILES string of the molecule is Cc1ccc(NC(=O)NCCC[C@@H]2CCOC2)cc1F. The lowest BCUT2D eigenvalue weighted by atomic mass is 10.0. The first-order valence-corrected chi connectivity index (χ1v) is 7.04. The van der Waals surface area contributed by atoms with Gasteiger partial charge < -0.3 is 15.4 Å².